The summed E-state index contributed by atoms with van der Waals surface area (Å²) in [5.74, 6) is 0.841. The molecule has 105 heavy (non-hydrogen) atoms. The molecule has 6 aliphatic rings. The Bertz CT molecular complexity index is 8920. The lowest BCUT2D eigenvalue weighted by atomic mass is 9.48. The van der Waals surface area contributed by atoms with E-state index >= 15 is 4.79 Å². The summed E-state index contributed by atoms with van der Waals surface area (Å²) in [6.07, 6.45) is -2.65. The van der Waals surface area contributed by atoms with Gasteiger partial charge in [0, 0.05) is 6.54 Å². The van der Waals surface area contributed by atoms with Crippen LogP contribution in [0.15, 0.2) is 4.79 Å². The van der Waals surface area contributed by atoms with E-state index in [0.717, 1.165) is 12.4 Å². The van der Waals surface area contributed by atoms with Crippen molar-refractivity contribution in [2.45, 2.75) is 158 Å². The van der Waals surface area contributed by atoms with Crippen LogP contribution in [-0.4, -0.2) is 87.9 Å². The Kier molecular flexibility index (Phi) is 6.17. The number of nitrogens with zero attached hydrogens (tertiary/aromatic N) is 4. The number of nitrogens with one attached hydrogen (secondary N) is 1. The van der Waals surface area contributed by atoms with Crippen LogP contribution in [0.1, 0.15) is 103 Å². The van der Waals surface area contributed by atoms with Gasteiger partial charge < -0.3 is 23.7 Å². The van der Waals surface area contributed by atoms with Gasteiger partial charge in [0.25, 0.3) is 5.56 Å². The fraction of sp³-hybridized carbons (Fsp3) is 0.308. The number of rotatable bonds is 9. The molecule has 0 bridgehead atoms. The van der Waals surface area contributed by atoms with Crippen LogP contribution < -0.4 is 11.3 Å². The number of likely N-dealkylation sites (N-methyl/N-ethyl adjacent to an activating group) is 1. The molecule has 14 heteroatoms. The maximum atomic E-state index is 15.7. The number of nitrogens with two attached hydrogens (primary N) is 1. The highest BCUT2D eigenvalue weighted by Crippen LogP contribution is 2.87. The summed E-state index contributed by atoms with van der Waals surface area (Å²) in [6, 6.07) is -0.484. The number of anilines is 1. The van der Waals surface area contributed by atoms with E-state index in [-0.39, 0.29) is 32.1 Å². The van der Waals surface area contributed by atoms with Crippen LogP contribution in [0.4, 0.5) is 5.95 Å². The van der Waals surface area contributed by atoms with Gasteiger partial charge in [0.2, 0.25) is 5.95 Å². The van der Waals surface area contributed by atoms with E-state index in [1.54, 1.807) is 259 Å². The minimum absolute atomic E-state index is 0.0523. The molecule has 2 aromatic heterocycles. The highest BCUT2D eigenvalue weighted by molar-refractivity contribution is 6.83. The van der Waals surface area contributed by atoms with Gasteiger partial charge in [-0.1, -0.05) is 62.3 Å². The molecule has 4 aliphatic carbocycles. The van der Waals surface area contributed by atoms with Gasteiger partial charge in [-0.05, 0) is 375 Å². The highest BCUT2D eigenvalue weighted by atomic mass is 28.4. The minimum atomic E-state index is -2.76. The molecule has 30 aromatic rings. The Balaban J connectivity index is 0.803. The van der Waals surface area contributed by atoms with Crippen molar-refractivity contribution in [3.63, 3.8) is 0 Å². The fourth-order valence-electron chi connectivity index (χ4n) is 29.8. The second-order valence-electron chi connectivity index (χ2n) is 41.1. The SMILES string of the molecule is CN1CC23c4c5c6c7c8c9c(c%10c%11c2c2c4c4c%12c5c5c6c6c8c8c%13c9c9c%10c%10c%11c%11c2c2c4c4c%12c%12c5c5c6c8c6c8c%13c9c9c%10c%10c%11c2c2c4c4c%12c5c6c5c8c9c%10c2c45)C73C1c1nc2c(=O)[nH]c(N)nc2n1[C@@H]1O[C@H](CO[Si](C)(C)C(C)(C)C)[C@@H](O[Si](C)(C)C(C)(C)C)[C@H]1O[Si](C)(C)C(C)(C)C. The highest BCUT2D eigenvalue weighted by Gasteiger charge is 2.77. The van der Waals surface area contributed by atoms with Crippen molar-refractivity contribution in [1.82, 2.24) is 24.4 Å². The van der Waals surface area contributed by atoms with Gasteiger partial charge >= 0.3 is 0 Å². The molecule has 2 saturated heterocycles. The summed E-state index contributed by atoms with van der Waals surface area (Å²) in [7, 11) is -5.35. The van der Waals surface area contributed by atoms with E-state index in [9.17, 15) is 0 Å². The van der Waals surface area contributed by atoms with Crippen LogP contribution in [0.3, 0.4) is 0 Å². The number of aromatic nitrogens is 4. The number of imidazole rings is 1. The van der Waals surface area contributed by atoms with E-state index in [1.807, 2.05) is 0 Å². The van der Waals surface area contributed by atoms with Crippen LogP contribution in [0.2, 0.25) is 54.4 Å². The van der Waals surface area contributed by atoms with Gasteiger partial charge in [-0.3, -0.25) is 19.2 Å². The Morgan fingerprint density at radius 3 is 0.990 bits per heavy atom. The third kappa shape index (κ3) is 3.66. The number of H-pyrrole nitrogens is 1. The molecular formula is C91H60N6O5Si3. The second kappa shape index (κ2) is 12.6. The Morgan fingerprint density at radius 1 is 0.419 bits per heavy atom. The lowest BCUT2D eigenvalue weighted by Gasteiger charge is -2.52. The van der Waals surface area contributed by atoms with Crippen molar-refractivity contribution in [3.05, 3.63) is 38.4 Å². The molecule has 1 unspecified atom stereocenters. The molecule has 2 spiro atoms. The van der Waals surface area contributed by atoms with Gasteiger partial charge in [0.15, 0.2) is 42.3 Å². The van der Waals surface area contributed by atoms with Crippen molar-refractivity contribution in [3.8, 4) is 0 Å². The molecule has 36 rings (SSSR count). The maximum absolute atomic E-state index is 15.7. The van der Waals surface area contributed by atoms with Gasteiger partial charge in [0.05, 0.1) is 23.5 Å². The topological polar surface area (TPSA) is 130 Å². The third-order valence-corrected chi connectivity index (χ3v) is 48.6. The first-order valence-electron chi connectivity index (χ1n) is 39.0. The van der Waals surface area contributed by atoms with E-state index in [1.165, 1.54) is 54.2 Å². The van der Waals surface area contributed by atoms with Gasteiger partial charge in [-0.25, -0.2) is 4.98 Å². The molecule has 0 saturated carbocycles. The second-order valence-corrected chi connectivity index (χ2v) is 55.4. The number of benzene rings is 18. The summed E-state index contributed by atoms with van der Waals surface area (Å²) in [4.78, 5) is 33.2. The minimum Gasteiger partial charge on any atom is -0.414 e. The van der Waals surface area contributed by atoms with Crippen LogP contribution >= 0.6 is 0 Å². The molecule has 0 amide bonds. The number of nitrogen functional groups attached to an aromatic ring is 1. The van der Waals surface area contributed by atoms with Crippen molar-refractivity contribution in [2.24, 2.45) is 0 Å². The standard InChI is InChI=1S/C91H60N6O5Si3/c1-87(2,3)103(11,12)99-17-19-79(101-104(13,14)88(4,5)6)80(102-105(15,16)89(7,8)9)85(100-19)97-82-78(84(98)95-86(92)94-82)93-83(97)81-91-76-70-64-54-42-34-26-22-20-21-24-28(26)36(42)46-40-32(24)33-25(21)29-27-23(20)31-30(22)38-44(34)52-58-48(38)49-39(31)45-35(27)43-37(29)47-41(33)51-50(40)62(56(46)64)72(76)73-63(51)57(47)65-55(43)61-53(45)59(49)67-66(58)74(68(70)60(52)54)90(91,18-96(81)10)75(67)69(61)71(65)77(73)91/h19,79-81,85H,17-18H2,1-16H3,(H3,92,94,95,98)/t19-,79-,80-,81?,85-,90?,91?/m1/s1. The summed E-state index contributed by atoms with van der Waals surface area (Å²) >= 11 is 0. The van der Waals surface area contributed by atoms with Crippen LogP contribution in [0, 0.1) is 0 Å². The molecule has 11 nitrogen and oxygen atoms in total. The molecule has 2 aliphatic heterocycles. The van der Waals surface area contributed by atoms with E-state index < -0.39 is 66.4 Å². The van der Waals surface area contributed by atoms with Crippen molar-refractivity contribution < 1.29 is 18.0 Å². The molecule has 5 atom stereocenters. The number of likely N-dealkylation sites (tertiary alicyclic amines) is 1. The monoisotopic (exact) mass is 1400 g/mol. The number of aromatic amines is 1. The maximum Gasteiger partial charge on any atom is 0.280 e. The zero-order valence-corrected chi connectivity index (χ0v) is 63.7. The van der Waals surface area contributed by atoms with Gasteiger partial charge in [-0.15, -0.1) is 0 Å². The number of ether oxygens (including phenoxy) is 1. The van der Waals surface area contributed by atoms with Crippen molar-refractivity contribution >= 4 is 333 Å². The molecular weight excluding hydrogens is 1340 g/mol. The lowest BCUT2D eigenvalue weighted by molar-refractivity contribution is -0.0497. The van der Waals surface area contributed by atoms with Crippen LogP contribution in [0.5, 0.6) is 0 Å². The summed E-state index contributed by atoms with van der Waals surface area (Å²) < 4.78 is 34.3. The van der Waals surface area contributed by atoms with E-state index in [2.05, 4.69) is 123 Å². The molecule has 4 heterocycles. The fourth-order valence-corrected chi connectivity index (χ4v) is 33.4. The summed E-state index contributed by atoms with van der Waals surface area (Å²) in [5, 5.41) is 84.1. The number of hydrogen-bond donors (Lipinski definition) is 2. The summed E-state index contributed by atoms with van der Waals surface area (Å²) in [6.45, 7) is 36.3. The molecule has 0 radical (unpaired) electrons. The molecule has 2 fully saturated rings. The number of fused-ring (bicyclic) bond motifs is 1. The molecule has 28 aromatic carbocycles. The zero-order valence-electron chi connectivity index (χ0n) is 60.7. The predicted octanol–water partition coefficient (Wildman–Crippen LogP) is 22.7. The first-order valence-corrected chi connectivity index (χ1v) is 47.8. The number of hydrogen-bond acceptors (Lipinski definition) is 9. The Hall–Kier alpha value is -8.94. The first kappa shape index (κ1) is 51.3. The zero-order chi connectivity index (χ0) is 68.8. The average molecular weight is 1400 g/mol. The van der Waals surface area contributed by atoms with Gasteiger partial charge in [-0.2, -0.15) is 4.98 Å². The largest absolute Gasteiger partial charge is 0.414 e. The lowest BCUT2D eigenvalue weighted by Crippen LogP contribution is -2.54. The van der Waals surface area contributed by atoms with Crippen LogP contribution in [0.25, 0.3) is 302 Å². The average Bonchev–Trinajstić information content (AvgIpc) is 1.38. The predicted molar refractivity (Wildman–Crippen MR) is 443 cm³/mol. The van der Waals surface area contributed by atoms with Crippen molar-refractivity contribution in [2.75, 3.05) is 25.9 Å². The third-order valence-electron chi connectivity index (χ3n) is 35.2. The normalized spacial score (nSPS) is 24.7. The molecule has 496 valence electrons. The first-order chi connectivity index (χ1) is 50.2. The smallest absolute Gasteiger partial charge is 0.280 e. The quantitative estimate of drug-likeness (QED) is 0.107. The van der Waals surface area contributed by atoms with E-state index in [0.29, 0.717) is 12.3 Å². The van der Waals surface area contributed by atoms with Crippen LogP contribution in [-0.2, 0) is 28.8 Å². The Morgan fingerprint density at radius 2 is 0.695 bits per heavy atom. The Labute approximate surface area is 593 Å². The summed E-state index contributed by atoms with van der Waals surface area (Å²) in [5.41, 5.74) is 12.2. The molecule has 3 N–H and O–H groups in total. The van der Waals surface area contributed by atoms with E-state index in [4.69, 9.17) is 33.7 Å². The van der Waals surface area contributed by atoms with Crippen molar-refractivity contribution in [1.29, 1.82) is 0 Å². The van der Waals surface area contributed by atoms with Gasteiger partial charge in [0.1, 0.15) is 24.1 Å².